The lowest BCUT2D eigenvalue weighted by Gasteiger charge is -2.25. The van der Waals surface area contributed by atoms with Gasteiger partial charge in [-0.05, 0) is 24.5 Å². The lowest BCUT2D eigenvalue weighted by Crippen LogP contribution is -2.20. The van der Waals surface area contributed by atoms with Crippen LogP contribution in [0.3, 0.4) is 0 Å². The first-order valence-corrected chi connectivity index (χ1v) is 12.8. The highest BCUT2D eigenvalue weighted by Gasteiger charge is 2.38. The minimum atomic E-state index is -0.664. The Bertz CT molecular complexity index is 1720. The predicted octanol–water partition coefficient (Wildman–Crippen LogP) is 4.11. The number of benzene rings is 2. The molecule has 0 fully saturated rings. The predicted molar refractivity (Wildman–Crippen MR) is 142 cm³/mol. The lowest BCUT2D eigenvalue weighted by atomic mass is 9.94. The molecule has 6 rings (SSSR count). The Labute approximate surface area is 223 Å². The van der Waals surface area contributed by atoms with E-state index in [1.54, 1.807) is 0 Å². The largest absolute Gasteiger partial charge is 0.463 e. The Morgan fingerprint density at radius 3 is 2.44 bits per heavy atom. The van der Waals surface area contributed by atoms with Gasteiger partial charge >= 0.3 is 23.9 Å². The maximum absolute atomic E-state index is 13.2. The smallest absolute Gasteiger partial charge is 0.347 e. The summed E-state index contributed by atoms with van der Waals surface area (Å²) in [6.07, 6.45) is 5.96. The first-order valence-electron chi connectivity index (χ1n) is 12.8. The third kappa shape index (κ3) is 4.20. The van der Waals surface area contributed by atoms with Crippen LogP contribution in [0.2, 0.25) is 0 Å². The number of esters is 4. The normalized spacial score (nSPS) is 16.7. The molecule has 4 aromatic rings. The molecule has 0 saturated carbocycles. The van der Waals surface area contributed by atoms with Gasteiger partial charge in [-0.2, -0.15) is 0 Å². The molecular formula is C30H26N2O7. The van der Waals surface area contributed by atoms with Gasteiger partial charge in [-0.3, -0.25) is 4.79 Å². The summed E-state index contributed by atoms with van der Waals surface area (Å²) in [5.74, 6) is -2.46. The molecule has 0 bridgehead atoms. The summed E-state index contributed by atoms with van der Waals surface area (Å²) < 4.78 is 19.2. The van der Waals surface area contributed by atoms with Crippen LogP contribution in [-0.4, -0.2) is 46.2 Å². The second-order valence-electron chi connectivity index (χ2n) is 9.84. The van der Waals surface area contributed by atoms with Crippen molar-refractivity contribution < 1.29 is 33.4 Å². The molecule has 0 radical (unpaired) electrons. The lowest BCUT2D eigenvalue weighted by molar-refractivity contribution is -0.157. The highest BCUT2D eigenvalue weighted by Crippen LogP contribution is 2.43. The second-order valence-corrected chi connectivity index (χ2v) is 9.84. The van der Waals surface area contributed by atoms with Crippen LogP contribution in [0.15, 0.2) is 54.9 Å². The van der Waals surface area contributed by atoms with Crippen molar-refractivity contribution in [2.45, 2.75) is 32.2 Å². The van der Waals surface area contributed by atoms with E-state index < -0.39 is 30.5 Å². The summed E-state index contributed by atoms with van der Waals surface area (Å²) in [4.78, 5) is 49.1. The van der Waals surface area contributed by atoms with Gasteiger partial charge in [-0.1, -0.05) is 36.4 Å². The van der Waals surface area contributed by atoms with Gasteiger partial charge in [-0.25, -0.2) is 14.4 Å². The van der Waals surface area contributed by atoms with E-state index in [9.17, 15) is 19.2 Å². The molecule has 9 nitrogen and oxygen atoms in total. The zero-order valence-electron chi connectivity index (χ0n) is 21.6. The molecule has 1 atom stereocenters. The number of carbonyl (C=O) groups is 4. The highest BCUT2D eigenvalue weighted by atomic mass is 16.6. The topological polar surface area (TPSA) is 106 Å². The molecule has 9 heteroatoms. The molecule has 0 N–H and O–H groups in total. The van der Waals surface area contributed by atoms with E-state index in [-0.39, 0.29) is 23.8 Å². The molecule has 2 aliphatic heterocycles. The SMILES string of the molecule is CC(=O)OCC(=O)OCCC1CCc2cccc3c(C4=C(c5cn(C)c6ccccc56)C(=O)OC4=O)cn1c23. The molecule has 198 valence electrons. The molecule has 4 heterocycles. The summed E-state index contributed by atoms with van der Waals surface area (Å²) in [5.41, 5.74) is 4.89. The van der Waals surface area contributed by atoms with Crippen molar-refractivity contribution >= 4 is 56.8 Å². The average molecular weight is 527 g/mol. The molecule has 0 saturated heterocycles. The molecule has 2 aliphatic rings. The summed E-state index contributed by atoms with van der Waals surface area (Å²) in [5, 5.41) is 1.73. The van der Waals surface area contributed by atoms with Crippen molar-refractivity contribution in [3.05, 3.63) is 71.5 Å². The van der Waals surface area contributed by atoms with Gasteiger partial charge in [0, 0.05) is 66.2 Å². The number of aromatic nitrogens is 2. The minimum absolute atomic E-state index is 0.00686. The van der Waals surface area contributed by atoms with Crippen LogP contribution in [0, 0.1) is 0 Å². The molecule has 39 heavy (non-hydrogen) atoms. The fraction of sp³-hybridized carbons (Fsp3) is 0.267. The number of aryl methyl sites for hydroxylation is 2. The third-order valence-corrected chi connectivity index (χ3v) is 7.46. The molecule has 1 unspecified atom stereocenters. The van der Waals surface area contributed by atoms with Gasteiger partial charge in [0.25, 0.3) is 0 Å². The van der Waals surface area contributed by atoms with Crippen LogP contribution >= 0.6 is 0 Å². The minimum Gasteiger partial charge on any atom is -0.463 e. The standard InChI is InChI=1S/C30H26N2O7/c1-17(33)38-16-25(34)37-13-12-19-11-10-18-6-5-8-21-23(15-32(19)28(18)21)27-26(29(35)39-30(27)36)22-14-31(2)24-9-4-3-7-20(22)24/h3-9,14-15,19H,10-13,16H2,1-2H3. The zero-order valence-corrected chi connectivity index (χ0v) is 21.6. The Morgan fingerprint density at radius 2 is 1.67 bits per heavy atom. The van der Waals surface area contributed by atoms with Crippen molar-refractivity contribution in [1.82, 2.24) is 9.13 Å². The molecular weight excluding hydrogens is 500 g/mol. The van der Waals surface area contributed by atoms with Crippen molar-refractivity contribution in [3.8, 4) is 0 Å². The van der Waals surface area contributed by atoms with Crippen molar-refractivity contribution in [1.29, 1.82) is 0 Å². The molecule has 2 aromatic carbocycles. The van der Waals surface area contributed by atoms with Crippen LogP contribution < -0.4 is 0 Å². The third-order valence-electron chi connectivity index (χ3n) is 7.46. The zero-order chi connectivity index (χ0) is 27.3. The van der Waals surface area contributed by atoms with E-state index in [0.717, 1.165) is 40.2 Å². The van der Waals surface area contributed by atoms with Gasteiger partial charge in [0.1, 0.15) is 0 Å². The Hall–Kier alpha value is -4.66. The van der Waals surface area contributed by atoms with Crippen LogP contribution in [0.4, 0.5) is 0 Å². The highest BCUT2D eigenvalue weighted by molar-refractivity contribution is 6.46. The van der Waals surface area contributed by atoms with Crippen LogP contribution in [0.1, 0.15) is 42.5 Å². The number of nitrogens with zero attached hydrogens (tertiary/aromatic N) is 2. The number of hydrogen-bond acceptors (Lipinski definition) is 7. The van der Waals surface area contributed by atoms with Gasteiger partial charge in [0.15, 0.2) is 6.61 Å². The van der Waals surface area contributed by atoms with E-state index >= 15 is 0 Å². The first kappa shape index (κ1) is 24.7. The summed E-state index contributed by atoms with van der Waals surface area (Å²) >= 11 is 0. The second kappa shape index (κ2) is 9.58. The van der Waals surface area contributed by atoms with E-state index in [1.165, 1.54) is 6.92 Å². The van der Waals surface area contributed by atoms with E-state index in [0.29, 0.717) is 17.5 Å². The summed E-state index contributed by atoms with van der Waals surface area (Å²) in [6.45, 7) is 0.977. The number of para-hydroxylation sites is 2. The number of cyclic esters (lactones) is 2. The maximum atomic E-state index is 13.2. The Morgan fingerprint density at radius 1 is 0.949 bits per heavy atom. The Kier molecular flexibility index (Phi) is 6.06. The van der Waals surface area contributed by atoms with E-state index in [1.807, 2.05) is 60.4 Å². The van der Waals surface area contributed by atoms with Crippen LogP contribution in [0.5, 0.6) is 0 Å². The average Bonchev–Trinajstić information content (AvgIpc) is 3.55. The van der Waals surface area contributed by atoms with Gasteiger partial charge in [0.2, 0.25) is 0 Å². The monoisotopic (exact) mass is 526 g/mol. The maximum Gasteiger partial charge on any atom is 0.347 e. The molecule has 0 amide bonds. The number of ether oxygens (including phenoxy) is 3. The molecule has 0 aliphatic carbocycles. The first-order chi connectivity index (χ1) is 18.8. The Balaban J connectivity index is 1.41. The summed E-state index contributed by atoms with van der Waals surface area (Å²) in [7, 11) is 1.90. The fourth-order valence-electron chi connectivity index (χ4n) is 5.75. The van der Waals surface area contributed by atoms with Crippen molar-refractivity contribution in [3.63, 3.8) is 0 Å². The fourth-order valence-corrected chi connectivity index (χ4v) is 5.75. The quantitative estimate of drug-likeness (QED) is 0.203. The van der Waals surface area contributed by atoms with Crippen molar-refractivity contribution in [2.75, 3.05) is 13.2 Å². The number of rotatable bonds is 7. The van der Waals surface area contributed by atoms with Gasteiger partial charge < -0.3 is 23.3 Å². The number of carbonyl (C=O) groups excluding carboxylic acids is 4. The molecule has 0 spiro atoms. The van der Waals surface area contributed by atoms with E-state index in [2.05, 4.69) is 10.6 Å². The molecule has 2 aromatic heterocycles. The number of fused-ring (bicyclic) bond motifs is 1. The van der Waals surface area contributed by atoms with Crippen molar-refractivity contribution in [2.24, 2.45) is 7.05 Å². The number of hydrogen-bond donors (Lipinski definition) is 0. The summed E-state index contributed by atoms with van der Waals surface area (Å²) in [6, 6.07) is 13.7. The van der Waals surface area contributed by atoms with Crippen LogP contribution in [0.25, 0.3) is 33.0 Å². The van der Waals surface area contributed by atoms with E-state index in [4.69, 9.17) is 14.2 Å². The van der Waals surface area contributed by atoms with Gasteiger partial charge in [-0.15, -0.1) is 0 Å². The van der Waals surface area contributed by atoms with Crippen LogP contribution in [-0.2, 0) is 46.9 Å². The van der Waals surface area contributed by atoms with Gasteiger partial charge in [0.05, 0.1) is 23.3 Å².